The zero-order chi connectivity index (χ0) is 14.9. The quantitative estimate of drug-likeness (QED) is 0.790. The van der Waals surface area contributed by atoms with Crippen LogP contribution in [0.1, 0.15) is 51.8 Å². The first-order valence-corrected chi connectivity index (χ1v) is 7.98. The summed E-state index contributed by atoms with van der Waals surface area (Å²) in [6.45, 7) is 1.65. The number of nitrogens with one attached hydrogen (secondary N) is 3. The van der Waals surface area contributed by atoms with Crippen molar-refractivity contribution in [2.75, 3.05) is 6.54 Å². The molecule has 1 aromatic carbocycles. The van der Waals surface area contributed by atoms with Crippen LogP contribution in [-0.4, -0.2) is 22.6 Å². The van der Waals surface area contributed by atoms with Crippen molar-refractivity contribution in [3.8, 4) is 0 Å². The van der Waals surface area contributed by atoms with Crippen molar-refractivity contribution in [1.82, 2.24) is 20.8 Å². The van der Waals surface area contributed by atoms with E-state index in [1.807, 2.05) is 6.07 Å². The standard InChI is InChI=1S/C17H20N4O.ClH/c22-17(16-13-10-18-9-8-15(13)20-21-16)19-14-7-3-5-11-4-1-2-6-12(11)14;/h1-2,4,6,14,18H,3,5,7-10H2,(H,19,22)(H,20,21);1H. The van der Waals surface area contributed by atoms with Gasteiger partial charge in [0.25, 0.3) is 5.91 Å². The van der Waals surface area contributed by atoms with Crippen LogP contribution in [0.15, 0.2) is 24.3 Å². The molecule has 3 N–H and O–H groups in total. The maximum absolute atomic E-state index is 12.6. The minimum atomic E-state index is -0.0668. The molecule has 0 saturated heterocycles. The van der Waals surface area contributed by atoms with Crippen molar-refractivity contribution in [1.29, 1.82) is 0 Å². The Balaban J connectivity index is 0.00000156. The Morgan fingerprint density at radius 2 is 2.13 bits per heavy atom. The third kappa shape index (κ3) is 2.99. The molecule has 1 atom stereocenters. The van der Waals surface area contributed by atoms with Gasteiger partial charge in [0, 0.05) is 30.8 Å². The number of nitrogens with zero attached hydrogens (tertiary/aromatic N) is 1. The number of rotatable bonds is 2. The first kappa shape index (κ1) is 16.0. The minimum Gasteiger partial charge on any atom is -0.344 e. The molecule has 1 unspecified atom stereocenters. The Bertz CT molecular complexity index is 712. The van der Waals surface area contributed by atoms with Gasteiger partial charge in [-0.2, -0.15) is 5.10 Å². The molecule has 1 aliphatic heterocycles. The molecule has 1 amide bonds. The summed E-state index contributed by atoms with van der Waals surface area (Å²) in [4.78, 5) is 12.6. The van der Waals surface area contributed by atoms with E-state index in [0.717, 1.165) is 50.0 Å². The van der Waals surface area contributed by atoms with Gasteiger partial charge in [-0.1, -0.05) is 24.3 Å². The highest BCUT2D eigenvalue weighted by Crippen LogP contribution is 2.29. The number of carbonyl (C=O) groups is 1. The Morgan fingerprint density at radius 3 is 3.04 bits per heavy atom. The van der Waals surface area contributed by atoms with Gasteiger partial charge in [-0.3, -0.25) is 9.89 Å². The highest BCUT2D eigenvalue weighted by Gasteiger charge is 2.26. The summed E-state index contributed by atoms with van der Waals surface area (Å²) in [5.74, 6) is -0.0668. The summed E-state index contributed by atoms with van der Waals surface area (Å²) < 4.78 is 0. The second-order valence-corrected chi connectivity index (χ2v) is 6.07. The van der Waals surface area contributed by atoms with Crippen LogP contribution in [0.5, 0.6) is 0 Å². The molecule has 2 aliphatic rings. The molecule has 0 radical (unpaired) electrons. The predicted molar refractivity (Wildman–Crippen MR) is 90.8 cm³/mol. The van der Waals surface area contributed by atoms with Gasteiger partial charge in [-0.25, -0.2) is 0 Å². The lowest BCUT2D eigenvalue weighted by Gasteiger charge is -2.26. The van der Waals surface area contributed by atoms with E-state index >= 15 is 0 Å². The fourth-order valence-corrected chi connectivity index (χ4v) is 3.54. The number of amides is 1. The van der Waals surface area contributed by atoms with Gasteiger partial charge in [0.15, 0.2) is 5.69 Å². The maximum atomic E-state index is 12.6. The van der Waals surface area contributed by atoms with Gasteiger partial charge in [0.1, 0.15) is 0 Å². The van der Waals surface area contributed by atoms with E-state index < -0.39 is 0 Å². The highest BCUT2D eigenvalue weighted by atomic mass is 35.5. The van der Waals surface area contributed by atoms with Crippen LogP contribution >= 0.6 is 12.4 Å². The summed E-state index contributed by atoms with van der Waals surface area (Å²) >= 11 is 0. The lowest BCUT2D eigenvalue weighted by molar-refractivity contribution is 0.0926. The Labute approximate surface area is 141 Å². The number of aromatic amines is 1. The fraction of sp³-hybridized carbons (Fsp3) is 0.412. The Kier molecular flexibility index (Phi) is 4.68. The van der Waals surface area contributed by atoms with Crippen LogP contribution in [0.25, 0.3) is 0 Å². The number of benzene rings is 1. The van der Waals surface area contributed by atoms with Crippen LogP contribution in [0, 0.1) is 0 Å². The summed E-state index contributed by atoms with van der Waals surface area (Å²) in [6, 6.07) is 8.50. The molecule has 0 saturated carbocycles. The summed E-state index contributed by atoms with van der Waals surface area (Å²) in [5.41, 5.74) is 5.26. The van der Waals surface area contributed by atoms with Crippen molar-refractivity contribution in [3.63, 3.8) is 0 Å². The largest absolute Gasteiger partial charge is 0.344 e. The average Bonchev–Trinajstić information content (AvgIpc) is 2.99. The molecule has 1 aromatic heterocycles. The van der Waals surface area contributed by atoms with Gasteiger partial charge < -0.3 is 10.6 Å². The number of halogens is 1. The lowest BCUT2D eigenvalue weighted by Crippen LogP contribution is -2.33. The molecule has 4 rings (SSSR count). The second kappa shape index (κ2) is 6.72. The van der Waals surface area contributed by atoms with Crippen LogP contribution < -0.4 is 10.6 Å². The number of H-pyrrole nitrogens is 1. The predicted octanol–water partition coefficient (Wildman–Crippen LogP) is 2.28. The normalized spacial score (nSPS) is 19.2. The Morgan fingerprint density at radius 1 is 1.26 bits per heavy atom. The number of hydrogen-bond acceptors (Lipinski definition) is 3. The summed E-state index contributed by atoms with van der Waals surface area (Å²) in [5, 5.41) is 13.7. The Hall–Kier alpha value is -1.85. The van der Waals surface area contributed by atoms with Crippen molar-refractivity contribution in [2.24, 2.45) is 0 Å². The van der Waals surface area contributed by atoms with Gasteiger partial charge in [-0.15, -0.1) is 12.4 Å². The van der Waals surface area contributed by atoms with E-state index in [1.165, 1.54) is 11.1 Å². The minimum absolute atomic E-state index is 0. The molecule has 23 heavy (non-hydrogen) atoms. The van der Waals surface area contributed by atoms with Crippen molar-refractivity contribution >= 4 is 18.3 Å². The number of fused-ring (bicyclic) bond motifs is 2. The number of aryl methyl sites for hydroxylation is 1. The van der Waals surface area contributed by atoms with E-state index in [-0.39, 0.29) is 24.4 Å². The zero-order valence-corrected chi connectivity index (χ0v) is 13.7. The number of hydrogen-bond donors (Lipinski definition) is 3. The van der Waals surface area contributed by atoms with Crippen LogP contribution in [0.2, 0.25) is 0 Å². The van der Waals surface area contributed by atoms with Crippen molar-refractivity contribution in [3.05, 3.63) is 52.3 Å². The molecule has 0 bridgehead atoms. The summed E-state index contributed by atoms with van der Waals surface area (Å²) in [6.07, 6.45) is 4.11. The van der Waals surface area contributed by atoms with E-state index in [2.05, 4.69) is 39.0 Å². The van der Waals surface area contributed by atoms with E-state index in [4.69, 9.17) is 0 Å². The molecule has 1 aliphatic carbocycles. The molecule has 0 spiro atoms. The molecule has 6 heteroatoms. The van der Waals surface area contributed by atoms with Gasteiger partial charge in [-0.05, 0) is 30.4 Å². The van der Waals surface area contributed by atoms with Crippen molar-refractivity contribution in [2.45, 2.75) is 38.3 Å². The van der Waals surface area contributed by atoms with Gasteiger partial charge in [0.05, 0.1) is 6.04 Å². The van der Waals surface area contributed by atoms with E-state index in [1.54, 1.807) is 0 Å². The molecular formula is C17H21ClN4O. The van der Waals surface area contributed by atoms with Gasteiger partial charge in [0.2, 0.25) is 0 Å². The maximum Gasteiger partial charge on any atom is 0.272 e. The third-order valence-electron chi connectivity index (χ3n) is 4.70. The second-order valence-electron chi connectivity index (χ2n) is 6.07. The molecule has 2 heterocycles. The van der Waals surface area contributed by atoms with Crippen LogP contribution in [-0.2, 0) is 19.4 Å². The van der Waals surface area contributed by atoms with E-state index in [9.17, 15) is 4.79 Å². The SMILES string of the molecule is Cl.O=C(NC1CCCc2ccccc21)c1n[nH]c2c1CNCC2. The number of aromatic nitrogens is 2. The first-order valence-electron chi connectivity index (χ1n) is 7.98. The number of carbonyl (C=O) groups excluding carboxylic acids is 1. The molecular weight excluding hydrogens is 312 g/mol. The first-order chi connectivity index (χ1) is 10.8. The van der Waals surface area contributed by atoms with Crippen molar-refractivity contribution < 1.29 is 4.79 Å². The topological polar surface area (TPSA) is 69.8 Å². The fourth-order valence-electron chi connectivity index (χ4n) is 3.54. The molecule has 2 aromatic rings. The average molecular weight is 333 g/mol. The van der Waals surface area contributed by atoms with Crippen LogP contribution in [0.3, 0.4) is 0 Å². The molecule has 0 fully saturated rings. The monoisotopic (exact) mass is 332 g/mol. The van der Waals surface area contributed by atoms with Crippen LogP contribution in [0.4, 0.5) is 0 Å². The highest BCUT2D eigenvalue weighted by molar-refractivity contribution is 5.94. The zero-order valence-electron chi connectivity index (χ0n) is 12.9. The molecule has 5 nitrogen and oxygen atoms in total. The van der Waals surface area contributed by atoms with Gasteiger partial charge >= 0.3 is 0 Å². The molecule has 122 valence electrons. The summed E-state index contributed by atoms with van der Waals surface area (Å²) in [7, 11) is 0. The smallest absolute Gasteiger partial charge is 0.272 e. The van der Waals surface area contributed by atoms with E-state index in [0.29, 0.717) is 5.69 Å². The lowest BCUT2D eigenvalue weighted by atomic mass is 9.87. The third-order valence-corrected chi connectivity index (χ3v) is 4.70.